The number of carbonyl (C=O) groups excluding carboxylic acids is 1. The minimum Gasteiger partial charge on any atom is -0.488 e. The fourth-order valence-electron chi connectivity index (χ4n) is 1.34. The van der Waals surface area contributed by atoms with Crippen LogP contribution in [0, 0.1) is 0 Å². The third-order valence-electron chi connectivity index (χ3n) is 2.09. The molecule has 1 aliphatic rings. The number of hydrogen-bond acceptors (Lipinski definition) is 3. The summed E-state index contributed by atoms with van der Waals surface area (Å²) in [5, 5.41) is 0. The van der Waals surface area contributed by atoms with Gasteiger partial charge in [-0.15, -0.1) is 0 Å². The van der Waals surface area contributed by atoms with Gasteiger partial charge in [-0.2, -0.15) is 3.89 Å². The number of ether oxygens (including phenoxy) is 1. The SMILES string of the molecule is O=C1/C(=C/Br)COc2ccc(SF)cc21. The van der Waals surface area contributed by atoms with E-state index >= 15 is 0 Å². The van der Waals surface area contributed by atoms with Crippen molar-refractivity contribution in [2.24, 2.45) is 0 Å². The van der Waals surface area contributed by atoms with Gasteiger partial charge in [0, 0.05) is 10.5 Å². The normalized spacial score (nSPS) is 17.5. The topological polar surface area (TPSA) is 26.3 Å². The van der Waals surface area contributed by atoms with E-state index in [1.165, 1.54) is 11.1 Å². The molecule has 0 aliphatic carbocycles. The quantitative estimate of drug-likeness (QED) is 0.740. The number of halogens is 2. The van der Waals surface area contributed by atoms with Gasteiger partial charge in [0.25, 0.3) is 0 Å². The van der Waals surface area contributed by atoms with E-state index < -0.39 is 0 Å². The molecule has 2 rings (SSSR count). The van der Waals surface area contributed by atoms with Gasteiger partial charge >= 0.3 is 0 Å². The molecule has 0 atom stereocenters. The molecule has 0 unspecified atom stereocenters. The molecule has 0 fully saturated rings. The van der Waals surface area contributed by atoms with Crippen LogP contribution in [0.2, 0.25) is 0 Å². The van der Waals surface area contributed by atoms with Crippen molar-refractivity contribution in [3.8, 4) is 5.75 Å². The third kappa shape index (κ3) is 1.94. The predicted octanol–water partition coefficient (Wildman–Crippen LogP) is 3.52. The first-order chi connectivity index (χ1) is 7.26. The van der Waals surface area contributed by atoms with Crippen molar-refractivity contribution in [2.75, 3.05) is 6.61 Å². The lowest BCUT2D eigenvalue weighted by Crippen LogP contribution is -2.18. The second-order valence-electron chi connectivity index (χ2n) is 2.99. The molecule has 0 saturated carbocycles. The first-order valence-electron chi connectivity index (χ1n) is 4.15. The molecule has 0 saturated heterocycles. The standard InChI is InChI=1S/C10H6BrFO2S/c11-4-6-5-14-9-2-1-7(15-12)3-8(9)10(6)13/h1-4H,5H2/b6-4+. The molecule has 15 heavy (non-hydrogen) atoms. The smallest absolute Gasteiger partial charge is 0.196 e. The maximum atomic E-state index is 12.3. The monoisotopic (exact) mass is 288 g/mol. The van der Waals surface area contributed by atoms with Gasteiger partial charge in [0.2, 0.25) is 0 Å². The van der Waals surface area contributed by atoms with Crippen LogP contribution in [-0.2, 0) is 0 Å². The summed E-state index contributed by atoms with van der Waals surface area (Å²) in [6.07, 6.45) is 0. The number of Topliss-reactive ketones (excluding diaryl/α,β-unsaturated/α-hetero) is 1. The minimum atomic E-state index is -0.121. The first-order valence-corrected chi connectivity index (χ1v) is 5.79. The number of benzene rings is 1. The molecule has 0 aromatic heterocycles. The van der Waals surface area contributed by atoms with Crippen LogP contribution in [-0.4, -0.2) is 12.4 Å². The highest BCUT2D eigenvalue weighted by atomic mass is 79.9. The molecule has 1 aliphatic heterocycles. The molecule has 0 amide bonds. The van der Waals surface area contributed by atoms with Gasteiger partial charge in [0.05, 0.1) is 17.7 Å². The average Bonchev–Trinajstić information content (AvgIpc) is 2.29. The van der Waals surface area contributed by atoms with Crippen molar-refractivity contribution >= 4 is 33.9 Å². The van der Waals surface area contributed by atoms with Gasteiger partial charge in [-0.25, -0.2) is 0 Å². The van der Waals surface area contributed by atoms with Gasteiger partial charge in [0.15, 0.2) is 5.78 Å². The Morgan fingerprint density at radius 1 is 1.53 bits per heavy atom. The van der Waals surface area contributed by atoms with Crippen LogP contribution in [0.25, 0.3) is 0 Å². The third-order valence-corrected chi connectivity index (χ3v) is 3.08. The molecule has 1 heterocycles. The highest BCUT2D eigenvalue weighted by molar-refractivity contribution is 9.11. The first kappa shape index (κ1) is 10.7. The fourth-order valence-corrected chi connectivity index (χ4v) is 1.96. The average molecular weight is 289 g/mol. The number of hydrogen-bond donors (Lipinski definition) is 0. The zero-order valence-corrected chi connectivity index (χ0v) is 9.90. The van der Waals surface area contributed by atoms with E-state index in [4.69, 9.17) is 4.74 Å². The maximum Gasteiger partial charge on any atom is 0.196 e. The Morgan fingerprint density at radius 2 is 2.33 bits per heavy atom. The van der Waals surface area contributed by atoms with Crippen molar-refractivity contribution in [1.82, 2.24) is 0 Å². The summed E-state index contributed by atoms with van der Waals surface area (Å²) in [6.45, 7) is 0.249. The van der Waals surface area contributed by atoms with Gasteiger partial charge in [-0.3, -0.25) is 4.79 Å². The van der Waals surface area contributed by atoms with Crippen LogP contribution in [0.1, 0.15) is 10.4 Å². The van der Waals surface area contributed by atoms with Crippen molar-refractivity contribution in [3.63, 3.8) is 0 Å². The van der Waals surface area contributed by atoms with Crippen LogP contribution >= 0.6 is 28.1 Å². The zero-order valence-electron chi connectivity index (χ0n) is 7.50. The molecular formula is C10H6BrFO2S. The van der Waals surface area contributed by atoms with Crippen molar-refractivity contribution < 1.29 is 13.4 Å². The summed E-state index contributed by atoms with van der Waals surface area (Å²) in [7, 11) is 0. The van der Waals surface area contributed by atoms with E-state index in [2.05, 4.69) is 15.9 Å². The molecule has 0 bridgehead atoms. The second-order valence-corrected chi connectivity index (χ2v) is 4.07. The van der Waals surface area contributed by atoms with Crippen LogP contribution < -0.4 is 4.74 Å². The van der Waals surface area contributed by atoms with E-state index in [0.29, 0.717) is 21.8 Å². The van der Waals surface area contributed by atoms with Crippen molar-refractivity contribution in [1.29, 1.82) is 0 Å². The van der Waals surface area contributed by atoms with Crippen molar-refractivity contribution in [3.05, 3.63) is 34.3 Å². The van der Waals surface area contributed by atoms with E-state index in [1.54, 1.807) is 12.1 Å². The summed E-state index contributed by atoms with van der Waals surface area (Å²) < 4.78 is 17.7. The summed E-state index contributed by atoms with van der Waals surface area (Å²) >= 11 is 3.21. The highest BCUT2D eigenvalue weighted by Gasteiger charge is 2.23. The van der Waals surface area contributed by atoms with E-state index in [9.17, 15) is 8.68 Å². The Hall–Kier alpha value is -0.810. The number of fused-ring (bicyclic) bond motifs is 1. The highest BCUT2D eigenvalue weighted by Crippen LogP contribution is 2.31. The summed E-state index contributed by atoms with van der Waals surface area (Å²) in [6, 6.07) is 4.69. The van der Waals surface area contributed by atoms with Crippen LogP contribution in [0.4, 0.5) is 3.89 Å². The lowest BCUT2D eigenvalue weighted by Gasteiger charge is -2.18. The number of rotatable bonds is 1. The lowest BCUT2D eigenvalue weighted by atomic mass is 10.0. The Kier molecular flexibility index (Phi) is 3.11. The summed E-state index contributed by atoms with van der Waals surface area (Å²) in [5.41, 5.74) is 0.943. The lowest BCUT2D eigenvalue weighted by molar-refractivity contribution is 0.0999. The zero-order chi connectivity index (χ0) is 10.8. The largest absolute Gasteiger partial charge is 0.488 e. The summed E-state index contributed by atoms with van der Waals surface area (Å²) in [5.74, 6) is 0.389. The van der Waals surface area contributed by atoms with Gasteiger partial charge in [-0.05, 0) is 23.2 Å². The molecule has 5 heteroatoms. The second kappa shape index (κ2) is 4.37. The fraction of sp³-hybridized carbons (Fsp3) is 0.100. The molecule has 1 aromatic rings. The van der Waals surface area contributed by atoms with Crippen LogP contribution in [0.3, 0.4) is 0 Å². The molecule has 1 aromatic carbocycles. The van der Waals surface area contributed by atoms with E-state index in [0.717, 1.165) is 0 Å². The Morgan fingerprint density at radius 3 is 3.00 bits per heavy atom. The minimum absolute atomic E-state index is 0.114. The van der Waals surface area contributed by atoms with Crippen LogP contribution in [0.15, 0.2) is 33.7 Å². The maximum absolute atomic E-state index is 12.3. The predicted molar refractivity (Wildman–Crippen MR) is 60.2 cm³/mol. The van der Waals surface area contributed by atoms with Gasteiger partial charge < -0.3 is 4.74 Å². The Balaban J connectivity index is 2.49. The number of ketones is 1. The molecule has 0 N–H and O–H groups in total. The van der Waals surface area contributed by atoms with E-state index in [1.807, 2.05) is 0 Å². The van der Waals surface area contributed by atoms with Crippen LogP contribution in [0.5, 0.6) is 5.75 Å². The molecule has 78 valence electrons. The Bertz CT molecular complexity index is 445. The summed E-state index contributed by atoms with van der Waals surface area (Å²) in [4.78, 5) is 13.7. The van der Waals surface area contributed by atoms with Gasteiger partial charge in [0.1, 0.15) is 12.4 Å². The molecule has 0 spiro atoms. The van der Waals surface area contributed by atoms with E-state index in [-0.39, 0.29) is 24.5 Å². The van der Waals surface area contributed by atoms with Gasteiger partial charge in [-0.1, -0.05) is 15.9 Å². The molecule has 2 nitrogen and oxygen atoms in total. The van der Waals surface area contributed by atoms with Crippen molar-refractivity contribution in [2.45, 2.75) is 4.90 Å². The molecule has 0 radical (unpaired) electrons. The Labute approximate surface area is 98.9 Å². The number of carbonyl (C=O) groups is 1. The molecular weight excluding hydrogens is 283 g/mol.